The molecule has 3 rings (SSSR count). The maximum atomic E-state index is 4.63. The summed E-state index contributed by atoms with van der Waals surface area (Å²) in [6.45, 7) is 7.60. The standard InChI is InChI=1S/C17H25N3/c1-4-13(5-2)14-6-8-15(9-7-14)16-10-11-20-17(16)18-12(3)19-20/h6-8,13,15-16H,4-5,9-11H2,1-3H3. The van der Waals surface area contributed by atoms with Gasteiger partial charge in [0.05, 0.1) is 0 Å². The fourth-order valence-corrected chi connectivity index (χ4v) is 3.72. The van der Waals surface area contributed by atoms with Crippen LogP contribution in [0.15, 0.2) is 23.8 Å². The first kappa shape index (κ1) is 13.6. The van der Waals surface area contributed by atoms with Crippen molar-refractivity contribution in [1.82, 2.24) is 14.8 Å². The van der Waals surface area contributed by atoms with Gasteiger partial charge in [-0.1, -0.05) is 32.1 Å². The molecule has 0 aromatic carbocycles. The Labute approximate surface area is 121 Å². The molecule has 0 spiro atoms. The molecular weight excluding hydrogens is 246 g/mol. The summed E-state index contributed by atoms with van der Waals surface area (Å²) in [6, 6.07) is 0. The molecule has 0 bridgehead atoms. The molecule has 3 heteroatoms. The lowest BCUT2D eigenvalue weighted by molar-refractivity contribution is 0.484. The number of hydrogen-bond donors (Lipinski definition) is 0. The third kappa shape index (κ3) is 2.34. The minimum atomic E-state index is 0.562. The van der Waals surface area contributed by atoms with Gasteiger partial charge in [0.2, 0.25) is 0 Å². The minimum absolute atomic E-state index is 0.562. The first-order valence-corrected chi connectivity index (χ1v) is 8.02. The maximum Gasteiger partial charge on any atom is 0.147 e. The maximum absolute atomic E-state index is 4.63. The van der Waals surface area contributed by atoms with Crippen molar-refractivity contribution in [2.24, 2.45) is 11.8 Å². The van der Waals surface area contributed by atoms with Gasteiger partial charge in [-0.3, -0.25) is 0 Å². The van der Waals surface area contributed by atoms with Gasteiger partial charge in [-0.25, -0.2) is 9.67 Å². The summed E-state index contributed by atoms with van der Waals surface area (Å²) in [4.78, 5) is 4.63. The molecule has 108 valence electrons. The Morgan fingerprint density at radius 3 is 2.80 bits per heavy atom. The smallest absolute Gasteiger partial charge is 0.147 e. The van der Waals surface area contributed by atoms with Crippen molar-refractivity contribution in [3.8, 4) is 0 Å². The third-order valence-corrected chi connectivity index (χ3v) is 4.93. The molecule has 0 saturated carbocycles. The van der Waals surface area contributed by atoms with E-state index in [0.717, 1.165) is 18.3 Å². The summed E-state index contributed by atoms with van der Waals surface area (Å²) in [5, 5.41) is 4.47. The predicted molar refractivity (Wildman–Crippen MR) is 81.5 cm³/mol. The Hall–Kier alpha value is -1.38. The predicted octanol–water partition coefficient (Wildman–Crippen LogP) is 4.01. The molecule has 1 aliphatic carbocycles. The van der Waals surface area contributed by atoms with Crippen LogP contribution in [0.4, 0.5) is 0 Å². The number of aryl methyl sites for hydroxylation is 2. The number of aromatic nitrogens is 3. The van der Waals surface area contributed by atoms with E-state index >= 15 is 0 Å². The molecule has 0 fully saturated rings. The Kier molecular flexibility index (Phi) is 3.77. The van der Waals surface area contributed by atoms with Gasteiger partial charge in [0.1, 0.15) is 11.6 Å². The molecule has 0 N–H and O–H groups in total. The molecule has 2 atom stereocenters. The topological polar surface area (TPSA) is 30.7 Å². The monoisotopic (exact) mass is 271 g/mol. The van der Waals surface area contributed by atoms with E-state index < -0.39 is 0 Å². The van der Waals surface area contributed by atoms with Crippen molar-refractivity contribution < 1.29 is 0 Å². The zero-order chi connectivity index (χ0) is 14.1. The SMILES string of the molecule is CCC(CC)C1=CCC(C2CCn3nc(C)nc32)C=C1. The molecule has 1 aliphatic heterocycles. The summed E-state index contributed by atoms with van der Waals surface area (Å²) >= 11 is 0. The molecule has 0 radical (unpaired) electrons. The largest absolute Gasteiger partial charge is 0.249 e. The second kappa shape index (κ2) is 5.55. The van der Waals surface area contributed by atoms with E-state index in [0.29, 0.717) is 11.8 Å². The van der Waals surface area contributed by atoms with Crippen molar-refractivity contribution in [1.29, 1.82) is 0 Å². The number of rotatable bonds is 4. The van der Waals surface area contributed by atoms with Crippen LogP contribution in [-0.4, -0.2) is 14.8 Å². The van der Waals surface area contributed by atoms with Crippen LogP contribution >= 0.6 is 0 Å². The molecule has 2 unspecified atom stereocenters. The summed E-state index contributed by atoms with van der Waals surface area (Å²) in [5.74, 6) is 4.03. The van der Waals surface area contributed by atoms with Gasteiger partial charge in [-0.2, -0.15) is 5.10 Å². The van der Waals surface area contributed by atoms with E-state index in [1.807, 2.05) is 6.92 Å². The van der Waals surface area contributed by atoms with Gasteiger partial charge in [0.15, 0.2) is 0 Å². The van der Waals surface area contributed by atoms with Gasteiger partial charge >= 0.3 is 0 Å². The Balaban J connectivity index is 1.72. The average Bonchev–Trinajstić information content (AvgIpc) is 3.00. The van der Waals surface area contributed by atoms with Crippen LogP contribution in [0.2, 0.25) is 0 Å². The molecule has 2 aliphatic rings. The van der Waals surface area contributed by atoms with Crippen LogP contribution in [0.25, 0.3) is 0 Å². The first-order chi connectivity index (χ1) is 9.72. The highest BCUT2D eigenvalue weighted by atomic mass is 15.4. The van der Waals surface area contributed by atoms with E-state index in [1.54, 1.807) is 5.57 Å². The van der Waals surface area contributed by atoms with Crippen LogP contribution in [0, 0.1) is 18.8 Å². The number of allylic oxidation sites excluding steroid dienone is 4. The fourth-order valence-electron chi connectivity index (χ4n) is 3.72. The van der Waals surface area contributed by atoms with Crippen LogP contribution in [0.5, 0.6) is 0 Å². The summed E-state index contributed by atoms with van der Waals surface area (Å²) in [7, 11) is 0. The van der Waals surface area contributed by atoms with Gasteiger partial charge in [-0.15, -0.1) is 0 Å². The number of hydrogen-bond acceptors (Lipinski definition) is 2. The lowest BCUT2D eigenvalue weighted by Crippen LogP contribution is -2.13. The highest BCUT2D eigenvalue weighted by Crippen LogP contribution is 2.38. The van der Waals surface area contributed by atoms with Crippen molar-refractivity contribution in [3.05, 3.63) is 35.4 Å². The van der Waals surface area contributed by atoms with Gasteiger partial charge in [0, 0.05) is 12.5 Å². The van der Waals surface area contributed by atoms with Gasteiger partial charge in [0.25, 0.3) is 0 Å². The van der Waals surface area contributed by atoms with Crippen LogP contribution in [0.1, 0.15) is 57.1 Å². The quantitative estimate of drug-likeness (QED) is 0.828. The van der Waals surface area contributed by atoms with Crippen molar-refractivity contribution in [2.75, 3.05) is 0 Å². The molecule has 0 amide bonds. The molecule has 0 saturated heterocycles. The normalized spacial score (nSPS) is 25.1. The number of nitrogens with zero attached hydrogens (tertiary/aromatic N) is 3. The fraction of sp³-hybridized carbons (Fsp3) is 0.647. The Bertz CT molecular complexity index is 534. The Morgan fingerprint density at radius 1 is 1.35 bits per heavy atom. The zero-order valence-electron chi connectivity index (χ0n) is 12.8. The number of fused-ring (bicyclic) bond motifs is 1. The van der Waals surface area contributed by atoms with E-state index in [4.69, 9.17) is 0 Å². The van der Waals surface area contributed by atoms with E-state index in [1.165, 1.54) is 31.5 Å². The molecule has 3 nitrogen and oxygen atoms in total. The van der Waals surface area contributed by atoms with Crippen LogP contribution in [-0.2, 0) is 6.54 Å². The third-order valence-electron chi connectivity index (χ3n) is 4.93. The molecule has 1 aromatic heterocycles. The minimum Gasteiger partial charge on any atom is -0.249 e. The summed E-state index contributed by atoms with van der Waals surface area (Å²) < 4.78 is 2.11. The van der Waals surface area contributed by atoms with Gasteiger partial charge < -0.3 is 0 Å². The van der Waals surface area contributed by atoms with E-state index in [9.17, 15) is 0 Å². The highest BCUT2D eigenvalue weighted by Gasteiger charge is 2.32. The second-order valence-electron chi connectivity index (χ2n) is 6.11. The first-order valence-electron chi connectivity index (χ1n) is 8.02. The lowest BCUT2D eigenvalue weighted by Gasteiger charge is -2.24. The van der Waals surface area contributed by atoms with Crippen molar-refractivity contribution >= 4 is 0 Å². The van der Waals surface area contributed by atoms with Crippen LogP contribution in [0.3, 0.4) is 0 Å². The lowest BCUT2D eigenvalue weighted by atomic mass is 9.81. The van der Waals surface area contributed by atoms with E-state index in [2.05, 4.69) is 46.8 Å². The molecule has 1 aromatic rings. The van der Waals surface area contributed by atoms with Crippen molar-refractivity contribution in [2.45, 2.75) is 58.9 Å². The molecule has 2 heterocycles. The van der Waals surface area contributed by atoms with Crippen LogP contribution < -0.4 is 0 Å². The Morgan fingerprint density at radius 2 is 2.15 bits per heavy atom. The molecule has 20 heavy (non-hydrogen) atoms. The zero-order valence-corrected chi connectivity index (χ0v) is 12.8. The second-order valence-corrected chi connectivity index (χ2v) is 6.11. The highest BCUT2D eigenvalue weighted by molar-refractivity contribution is 5.28. The molecular formula is C17H25N3. The van der Waals surface area contributed by atoms with Gasteiger partial charge in [-0.05, 0) is 50.0 Å². The average molecular weight is 271 g/mol. The summed E-state index contributed by atoms with van der Waals surface area (Å²) in [6.07, 6.45) is 12.1. The summed E-state index contributed by atoms with van der Waals surface area (Å²) in [5.41, 5.74) is 1.54. The van der Waals surface area contributed by atoms with Crippen molar-refractivity contribution in [3.63, 3.8) is 0 Å². The van der Waals surface area contributed by atoms with E-state index in [-0.39, 0.29) is 0 Å².